The van der Waals surface area contributed by atoms with E-state index in [0.29, 0.717) is 12.5 Å². The number of hydrogen-bond acceptors (Lipinski definition) is 4. The van der Waals surface area contributed by atoms with E-state index in [1.165, 1.54) is 5.56 Å². The molecule has 0 saturated carbocycles. The fourth-order valence-electron chi connectivity index (χ4n) is 2.44. The van der Waals surface area contributed by atoms with E-state index in [0.717, 1.165) is 30.9 Å². The smallest absolute Gasteiger partial charge is 0.160 e. The van der Waals surface area contributed by atoms with Gasteiger partial charge < -0.3 is 18.9 Å². The average Bonchev–Trinajstić information content (AvgIpc) is 2.86. The maximum Gasteiger partial charge on any atom is 0.160 e. The van der Waals surface area contributed by atoms with Gasteiger partial charge in [-0.3, -0.25) is 0 Å². The monoisotopic (exact) mass is 266 g/mol. The van der Waals surface area contributed by atoms with Crippen LogP contribution in [0.3, 0.4) is 0 Å². The molecule has 106 valence electrons. The Labute approximate surface area is 114 Å². The van der Waals surface area contributed by atoms with Gasteiger partial charge in [-0.05, 0) is 37.0 Å². The standard InChI is InChI=1S/C15H22O4/c1-4-18-15-9-12(10-19-15)7-11-5-6-13(16-2)14(8-11)17-3/h5-6,8,12,15H,4,7,9-10H2,1-3H3. The largest absolute Gasteiger partial charge is 0.493 e. The van der Waals surface area contributed by atoms with Crippen molar-refractivity contribution in [2.75, 3.05) is 27.4 Å². The van der Waals surface area contributed by atoms with Crippen molar-refractivity contribution in [2.24, 2.45) is 5.92 Å². The number of ether oxygens (including phenoxy) is 4. The van der Waals surface area contributed by atoms with Gasteiger partial charge in [-0.1, -0.05) is 6.07 Å². The van der Waals surface area contributed by atoms with Crippen molar-refractivity contribution in [2.45, 2.75) is 26.1 Å². The van der Waals surface area contributed by atoms with Crippen molar-refractivity contribution in [3.8, 4) is 11.5 Å². The van der Waals surface area contributed by atoms with Gasteiger partial charge >= 0.3 is 0 Å². The van der Waals surface area contributed by atoms with Crippen molar-refractivity contribution in [3.05, 3.63) is 23.8 Å². The van der Waals surface area contributed by atoms with E-state index >= 15 is 0 Å². The number of hydrogen-bond donors (Lipinski definition) is 0. The lowest BCUT2D eigenvalue weighted by Gasteiger charge is -2.12. The Hall–Kier alpha value is -1.26. The molecule has 1 aromatic rings. The van der Waals surface area contributed by atoms with E-state index in [2.05, 4.69) is 6.07 Å². The van der Waals surface area contributed by atoms with E-state index in [1.807, 2.05) is 19.1 Å². The van der Waals surface area contributed by atoms with E-state index in [4.69, 9.17) is 18.9 Å². The van der Waals surface area contributed by atoms with Gasteiger partial charge in [0.2, 0.25) is 0 Å². The van der Waals surface area contributed by atoms with Crippen LogP contribution in [-0.2, 0) is 15.9 Å². The highest BCUT2D eigenvalue weighted by Gasteiger charge is 2.26. The summed E-state index contributed by atoms with van der Waals surface area (Å²) in [5.74, 6) is 2.05. The van der Waals surface area contributed by atoms with Crippen LogP contribution in [0.5, 0.6) is 11.5 Å². The molecule has 1 fully saturated rings. The average molecular weight is 266 g/mol. The van der Waals surface area contributed by atoms with Crippen molar-refractivity contribution in [3.63, 3.8) is 0 Å². The maximum absolute atomic E-state index is 5.60. The molecule has 0 N–H and O–H groups in total. The molecule has 2 unspecified atom stereocenters. The molecule has 2 atom stereocenters. The predicted molar refractivity (Wildman–Crippen MR) is 72.7 cm³/mol. The van der Waals surface area contributed by atoms with Gasteiger partial charge in [-0.25, -0.2) is 0 Å². The first kappa shape index (κ1) is 14.2. The highest BCUT2D eigenvalue weighted by atomic mass is 16.7. The summed E-state index contributed by atoms with van der Waals surface area (Å²) in [5.41, 5.74) is 1.24. The zero-order valence-corrected chi connectivity index (χ0v) is 11.8. The highest BCUT2D eigenvalue weighted by Crippen LogP contribution is 2.30. The molecule has 0 amide bonds. The molecular weight excluding hydrogens is 244 g/mol. The number of methoxy groups -OCH3 is 2. The van der Waals surface area contributed by atoms with Gasteiger partial charge in [0.1, 0.15) is 0 Å². The van der Waals surface area contributed by atoms with Crippen LogP contribution in [0.2, 0.25) is 0 Å². The summed E-state index contributed by atoms with van der Waals surface area (Å²) in [6, 6.07) is 6.06. The van der Waals surface area contributed by atoms with E-state index in [1.54, 1.807) is 14.2 Å². The van der Waals surface area contributed by atoms with E-state index < -0.39 is 0 Å². The lowest BCUT2D eigenvalue weighted by Crippen LogP contribution is -2.10. The van der Waals surface area contributed by atoms with Crippen LogP contribution in [0.1, 0.15) is 18.9 Å². The van der Waals surface area contributed by atoms with Crippen LogP contribution in [0.4, 0.5) is 0 Å². The van der Waals surface area contributed by atoms with Gasteiger partial charge in [-0.2, -0.15) is 0 Å². The van der Waals surface area contributed by atoms with Crippen LogP contribution in [0.15, 0.2) is 18.2 Å². The van der Waals surface area contributed by atoms with Gasteiger partial charge in [0.15, 0.2) is 17.8 Å². The molecule has 4 heteroatoms. The van der Waals surface area contributed by atoms with Crippen molar-refractivity contribution >= 4 is 0 Å². The van der Waals surface area contributed by atoms with Crippen molar-refractivity contribution < 1.29 is 18.9 Å². The first-order valence-corrected chi connectivity index (χ1v) is 6.71. The second-order valence-electron chi connectivity index (χ2n) is 4.71. The van der Waals surface area contributed by atoms with Crippen molar-refractivity contribution in [1.29, 1.82) is 0 Å². The minimum absolute atomic E-state index is 0.0323. The number of benzene rings is 1. The molecule has 1 aliphatic heterocycles. The second kappa shape index (κ2) is 6.78. The van der Waals surface area contributed by atoms with Gasteiger partial charge in [0.25, 0.3) is 0 Å². The Morgan fingerprint density at radius 3 is 2.68 bits per heavy atom. The third-order valence-corrected chi connectivity index (χ3v) is 3.37. The Balaban J connectivity index is 1.96. The zero-order valence-electron chi connectivity index (χ0n) is 11.8. The predicted octanol–water partition coefficient (Wildman–Crippen LogP) is 2.65. The molecule has 0 aromatic heterocycles. The molecule has 2 rings (SSSR count). The van der Waals surface area contributed by atoms with Gasteiger partial charge in [0.05, 0.1) is 20.8 Å². The summed E-state index contributed by atoms with van der Waals surface area (Å²) in [7, 11) is 3.31. The fourth-order valence-corrected chi connectivity index (χ4v) is 2.44. The molecule has 1 saturated heterocycles. The Bertz CT molecular complexity index is 405. The normalized spacial score (nSPS) is 22.5. The second-order valence-corrected chi connectivity index (χ2v) is 4.71. The minimum Gasteiger partial charge on any atom is -0.493 e. The van der Waals surface area contributed by atoms with Crippen LogP contribution in [-0.4, -0.2) is 33.7 Å². The SMILES string of the molecule is CCOC1CC(Cc2ccc(OC)c(OC)c2)CO1. The molecule has 0 bridgehead atoms. The van der Waals surface area contributed by atoms with Gasteiger partial charge in [0, 0.05) is 13.0 Å². The number of rotatable bonds is 6. The third kappa shape index (κ3) is 3.61. The minimum atomic E-state index is -0.0323. The van der Waals surface area contributed by atoms with E-state index in [-0.39, 0.29) is 6.29 Å². The Kier molecular flexibility index (Phi) is 5.05. The summed E-state index contributed by atoms with van der Waals surface area (Å²) in [5, 5.41) is 0. The van der Waals surface area contributed by atoms with Crippen LogP contribution in [0.25, 0.3) is 0 Å². The molecule has 0 aliphatic carbocycles. The lowest BCUT2D eigenvalue weighted by molar-refractivity contribution is -0.106. The quantitative estimate of drug-likeness (QED) is 0.793. The van der Waals surface area contributed by atoms with E-state index in [9.17, 15) is 0 Å². The third-order valence-electron chi connectivity index (χ3n) is 3.37. The first-order valence-electron chi connectivity index (χ1n) is 6.71. The molecule has 1 aliphatic rings. The first-order chi connectivity index (χ1) is 9.26. The molecule has 4 nitrogen and oxygen atoms in total. The Morgan fingerprint density at radius 2 is 2.00 bits per heavy atom. The van der Waals surface area contributed by atoms with Crippen LogP contribution < -0.4 is 9.47 Å². The molecule has 0 spiro atoms. The molecule has 1 heterocycles. The molecule has 19 heavy (non-hydrogen) atoms. The summed E-state index contributed by atoms with van der Waals surface area (Å²) >= 11 is 0. The summed E-state index contributed by atoms with van der Waals surface area (Å²) in [4.78, 5) is 0. The topological polar surface area (TPSA) is 36.9 Å². The summed E-state index contributed by atoms with van der Waals surface area (Å²) < 4.78 is 21.6. The van der Waals surface area contributed by atoms with Crippen molar-refractivity contribution in [1.82, 2.24) is 0 Å². The fraction of sp³-hybridized carbons (Fsp3) is 0.600. The molecule has 1 aromatic carbocycles. The maximum atomic E-state index is 5.60. The van der Waals surface area contributed by atoms with Gasteiger partial charge in [-0.15, -0.1) is 0 Å². The van der Waals surface area contributed by atoms with Crippen LogP contribution in [0, 0.1) is 5.92 Å². The Morgan fingerprint density at radius 1 is 1.21 bits per heavy atom. The molecule has 0 radical (unpaired) electrons. The summed E-state index contributed by atoms with van der Waals surface area (Å²) in [6.07, 6.45) is 1.90. The zero-order chi connectivity index (χ0) is 13.7. The highest BCUT2D eigenvalue weighted by molar-refractivity contribution is 5.43. The van der Waals surface area contributed by atoms with Crippen LogP contribution >= 0.6 is 0 Å². The lowest BCUT2D eigenvalue weighted by atomic mass is 9.98. The molecular formula is C15H22O4. The summed E-state index contributed by atoms with van der Waals surface area (Å²) in [6.45, 7) is 3.46.